The summed E-state index contributed by atoms with van der Waals surface area (Å²) in [6, 6.07) is 10.4. The van der Waals surface area contributed by atoms with Crippen molar-refractivity contribution in [3.05, 3.63) is 53.3 Å². The van der Waals surface area contributed by atoms with Crippen molar-refractivity contribution in [2.24, 2.45) is 0 Å². The fourth-order valence-corrected chi connectivity index (χ4v) is 3.28. The molecule has 0 radical (unpaired) electrons. The van der Waals surface area contributed by atoms with Crippen molar-refractivity contribution < 1.29 is 17.6 Å². The Kier molecular flexibility index (Phi) is 4.23. The summed E-state index contributed by atoms with van der Waals surface area (Å²) in [6.07, 6.45) is 1.67. The van der Waals surface area contributed by atoms with Crippen molar-refractivity contribution in [3.63, 3.8) is 0 Å². The van der Waals surface area contributed by atoms with Crippen molar-refractivity contribution in [1.29, 1.82) is 0 Å². The minimum absolute atomic E-state index is 0.0103. The molecule has 122 valence electrons. The van der Waals surface area contributed by atoms with Crippen molar-refractivity contribution in [2.45, 2.75) is 37.4 Å². The van der Waals surface area contributed by atoms with E-state index >= 15 is 0 Å². The van der Waals surface area contributed by atoms with Crippen molar-refractivity contribution >= 4 is 15.9 Å². The lowest BCUT2D eigenvalue weighted by Gasteiger charge is -2.04. The highest BCUT2D eigenvalue weighted by Crippen LogP contribution is 2.23. The Morgan fingerprint density at radius 2 is 1.87 bits per heavy atom. The predicted octanol–water partition coefficient (Wildman–Crippen LogP) is 1.96. The zero-order valence-corrected chi connectivity index (χ0v) is 13.5. The molecule has 0 aliphatic heterocycles. The lowest BCUT2D eigenvalue weighted by molar-refractivity contribution is 0.0918. The molecule has 2 N–H and O–H groups in total. The number of aryl methyl sites for hydroxylation is 1. The molecule has 1 aliphatic rings. The third-order valence-electron chi connectivity index (χ3n) is 3.54. The maximum atomic E-state index is 12.0. The summed E-state index contributed by atoms with van der Waals surface area (Å²) in [5, 5.41) is 2.47. The van der Waals surface area contributed by atoms with Gasteiger partial charge in [0.05, 0.1) is 0 Å². The van der Waals surface area contributed by atoms with Gasteiger partial charge < -0.3 is 9.73 Å². The molecule has 0 atom stereocenters. The minimum atomic E-state index is -3.68. The van der Waals surface area contributed by atoms with E-state index in [0.717, 1.165) is 24.0 Å². The third kappa shape index (κ3) is 4.00. The quantitative estimate of drug-likeness (QED) is 0.845. The first-order chi connectivity index (χ1) is 10.9. The SMILES string of the molecule is Cc1ccc(CNC(=O)c2ccc(S(=O)(=O)NC3CC3)o2)cc1. The van der Waals surface area contributed by atoms with Gasteiger partial charge in [-0.15, -0.1) is 0 Å². The molecule has 1 heterocycles. The van der Waals surface area contributed by atoms with Crippen LogP contribution in [-0.4, -0.2) is 20.4 Å². The second-order valence-corrected chi connectivity index (χ2v) is 7.33. The Labute approximate surface area is 134 Å². The molecule has 0 bridgehead atoms. The number of hydrogen-bond donors (Lipinski definition) is 2. The average molecular weight is 334 g/mol. The third-order valence-corrected chi connectivity index (χ3v) is 4.94. The first-order valence-corrected chi connectivity index (χ1v) is 8.88. The van der Waals surface area contributed by atoms with E-state index in [2.05, 4.69) is 10.0 Å². The smallest absolute Gasteiger partial charge is 0.287 e. The molecule has 1 amide bonds. The minimum Gasteiger partial charge on any atom is -0.438 e. The first-order valence-electron chi connectivity index (χ1n) is 7.40. The van der Waals surface area contributed by atoms with Gasteiger partial charge in [0.15, 0.2) is 5.76 Å². The van der Waals surface area contributed by atoms with Gasteiger partial charge in [-0.2, -0.15) is 0 Å². The van der Waals surface area contributed by atoms with E-state index in [1.54, 1.807) is 0 Å². The van der Waals surface area contributed by atoms with Crippen LogP contribution in [0.3, 0.4) is 0 Å². The molecule has 1 fully saturated rings. The van der Waals surface area contributed by atoms with Crippen LogP contribution in [0.15, 0.2) is 45.9 Å². The highest BCUT2D eigenvalue weighted by atomic mass is 32.2. The number of rotatable bonds is 6. The van der Waals surface area contributed by atoms with Crippen LogP contribution in [0.5, 0.6) is 0 Å². The molecule has 1 aliphatic carbocycles. The Morgan fingerprint density at radius 1 is 1.17 bits per heavy atom. The Balaban J connectivity index is 1.62. The van der Waals surface area contributed by atoms with Crippen LogP contribution in [0.4, 0.5) is 0 Å². The number of carbonyl (C=O) groups excluding carboxylic acids is 1. The number of nitrogens with one attached hydrogen (secondary N) is 2. The number of sulfonamides is 1. The van der Waals surface area contributed by atoms with Gasteiger partial charge in [0, 0.05) is 12.6 Å². The number of benzene rings is 1. The highest BCUT2D eigenvalue weighted by Gasteiger charge is 2.30. The molecule has 0 spiro atoms. The Bertz CT molecular complexity index is 805. The largest absolute Gasteiger partial charge is 0.438 e. The van der Waals surface area contributed by atoms with Gasteiger partial charge in [0.2, 0.25) is 5.09 Å². The zero-order valence-electron chi connectivity index (χ0n) is 12.7. The van der Waals surface area contributed by atoms with Crippen LogP contribution in [0.2, 0.25) is 0 Å². The summed E-state index contributed by atoms with van der Waals surface area (Å²) in [4.78, 5) is 12.0. The highest BCUT2D eigenvalue weighted by molar-refractivity contribution is 7.89. The normalized spacial score (nSPS) is 14.7. The monoisotopic (exact) mass is 334 g/mol. The van der Waals surface area contributed by atoms with Gasteiger partial charge in [-0.1, -0.05) is 29.8 Å². The summed E-state index contributed by atoms with van der Waals surface area (Å²) in [5.74, 6) is -0.466. The van der Waals surface area contributed by atoms with E-state index < -0.39 is 15.9 Å². The first kappa shape index (κ1) is 15.8. The molecular weight excluding hydrogens is 316 g/mol. The van der Waals surface area contributed by atoms with Gasteiger partial charge in [-0.25, -0.2) is 13.1 Å². The number of carbonyl (C=O) groups is 1. The molecule has 0 saturated heterocycles. The number of amides is 1. The summed E-state index contributed by atoms with van der Waals surface area (Å²) in [7, 11) is -3.68. The standard InChI is InChI=1S/C16H18N2O4S/c1-11-2-4-12(5-3-11)10-17-16(19)14-8-9-15(22-14)23(20,21)18-13-6-7-13/h2-5,8-9,13,18H,6-7,10H2,1H3,(H,17,19). The lowest BCUT2D eigenvalue weighted by Crippen LogP contribution is -2.25. The Morgan fingerprint density at radius 3 is 2.52 bits per heavy atom. The van der Waals surface area contributed by atoms with Crippen molar-refractivity contribution in [3.8, 4) is 0 Å². The molecule has 1 aromatic heterocycles. The zero-order chi connectivity index (χ0) is 16.4. The molecule has 1 saturated carbocycles. The maximum absolute atomic E-state index is 12.0. The molecule has 7 heteroatoms. The van der Waals surface area contributed by atoms with E-state index in [-0.39, 0.29) is 16.9 Å². The molecule has 3 rings (SSSR count). The van der Waals surface area contributed by atoms with E-state index in [1.165, 1.54) is 12.1 Å². The van der Waals surface area contributed by atoms with Crippen molar-refractivity contribution in [2.75, 3.05) is 0 Å². The van der Waals surface area contributed by atoms with E-state index in [0.29, 0.717) is 6.54 Å². The van der Waals surface area contributed by atoms with E-state index in [4.69, 9.17) is 4.42 Å². The summed E-state index contributed by atoms with van der Waals surface area (Å²) in [5.41, 5.74) is 2.10. The second kappa shape index (κ2) is 6.17. The van der Waals surface area contributed by atoms with Gasteiger partial charge in [0.1, 0.15) is 0 Å². The summed E-state index contributed by atoms with van der Waals surface area (Å²) < 4.78 is 31.7. The van der Waals surface area contributed by atoms with Gasteiger partial charge >= 0.3 is 0 Å². The second-order valence-electron chi connectivity index (χ2n) is 5.68. The van der Waals surface area contributed by atoms with Crippen LogP contribution in [0.1, 0.15) is 34.5 Å². The van der Waals surface area contributed by atoms with Crippen molar-refractivity contribution in [1.82, 2.24) is 10.0 Å². The summed E-state index contributed by atoms with van der Waals surface area (Å²) >= 11 is 0. The summed E-state index contributed by atoms with van der Waals surface area (Å²) in [6.45, 7) is 2.34. The van der Waals surface area contributed by atoms with E-state index in [1.807, 2.05) is 31.2 Å². The van der Waals surface area contributed by atoms with Crippen LogP contribution >= 0.6 is 0 Å². The lowest BCUT2D eigenvalue weighted by atomic mass is 10.1. The van der Waals surface area contributed by atoms with Gasteiger partial charge in [-0.3, -0.25) is 4.79 Å². The van der Waals surface area contributed by atoms with Crippen LogP contribution in [0.25, 0.3) is 0 Å². The molecule has 2 aromatic rings. The fraction of sp³-hybridized carbons (Fsp3) is 0.312. The van der Waals surface area contributed by atoms with Crippen LogP contribution in [0, 0.1) is 6.92 Å². The molecular formula is C16H18N2O4S. The molecule has 0 unspecified atom stereocenters. The fourth-order valence-electron chi connectivity index (χ4n) is 2.04. The predicted molar refractivity (Wildman–Crippen MR) is 84.4 cm³/mol. The Hall–Kier alpha value is -2.12. The maximum Gasteiger partial charge on any atom is 0.287 e. The van der Waals surface area contributed by atoms with E-state index in [9.17, 15) is 13.2 Å². The molecule has 1 aromatic carbocycles. The number of furan rings is 1. The molecule has 6 nitrogen and oxygen atoms in total. The number of hydrogen-bond acceptors (Lipinski definition) is 4. The van der Waals surface area contributed by atoms with Gasteiger partial charge in [-0.05, 0) is 37.5 Å². The topological polar surface area (TPSA) is 88.4 Å². The average Bonchev–Trinajstić information content (AvgIpc) is 3.16. The molecule has 23 heavy (non-hydrogen) atoms. The van der Waals surface area contributed by atoms with Gasteiger partial charge in [0.25, 0.3) is 15.9 Å². The van der Waals surface area contributed by atoms with Crippen LogP contribution in [-0.2, 0) is 16.6 Å². The van der Waals surface area contributed by atoms with Crippen LogP contribution < -0.4 is 10.0 Å².